The SMILES string of the molecule is CC.CC.CC(C)N1CC(C)(F)C(F)(F)C1.CC(C)N1CC(F)(F)C2(CCCC2)C1. The molecule has 3 rings (SSSR count). The molecule has 1 atom stereocenters. The van der Waals surface area contributed by atoms with E-state index in [0.29, 0.717) is 6.54 Å². The van der Waals surface area contributed by atoms with Crippen molar-refractivity contribution in [2.24, 2.45) is 5.41 Å². The van der Waals surface area contributed by atoms with Crippen LogP contribution in [0.1, 0.15) is 88.0 Å². The second-order valence-corrected chi connectivity index (χ2v) is 9.09. The summed E-state index contributed by atoms with van der Waals surface area (Å²) in [6.07, 6.45) is 3.43. The molecule has 1 saturated carbocycles. The first-order chi connectivity index (χ1) is 13.7. The average molecular weight is 445 g/mol. The summed E-state index contributed by atoms with van der Waals surface area (Å²) in [7, 11) is 0. The van der Waals surface area contributed by atoms with Gasteiger partial charge in [0, 0.05) is 30.6 Å². The highest BCUT2D eigenvalue weighted by atomic mass is 19.3. The van der Waals surface area contributed by atoms with Gasteiger partial charge in [-0.05, 0) is 47.5 Å². The number of likely N-dealkylation sites (tertiary alicyclic amines) is 2. The molecule has 1 unspecified atom stereocenters. The lowest BCUT2D eigenvalue weighted by Crippen LogP contribution is -2.39. The Labute approximate surface area is 181 Å². The summed E-state index contributed by atoms with van der Waals surface area (Å²) in [4.78, 5) is 3.39. The minimum absolute atomic E-state index is 0.0200. The van der Waals surface area contributed by atoms with Gasteiger partial charge in [0.05, 0.1) is 13.1 Å². The minimum atomic E-state index is -3.20. The summed E-state index contributed by atoms with van der Waals surface area (Å²) in [5.74, 6) is -5.65. The first-order valence-corrected chi connectivity index (χ1v) is 11.7. The summed E-state index contributed by atoms with van der Waals surface area (Å²) < 4.78 is 66.8. The molecule has 3 aliphatic rings. The Morgan fingerprint density at radius 2 is 0.967 bits per heavy atom. The molecule has 3 fully saturated rings. The standard InChI is InChI=1S/C11H19F2N.C8H14F3N.2C2H6/c1-9(2)14-7-10(5-3-4-6-10)11(12,13)8-14;1-6(2)12-4-7(3,9)8(10,11)5-12;2*1-2/h9H,3-8H2,1-2H3;6H,4-5H2,1-3H3;2*1-2H3. The molecular formula is C23H45F5N2. The normalized spacial score (nSPS) is 29.2. The van der Waals surface area contributed by atoms with Gasteiger partial charge >= 0.3 is 0 Å². The van der Waals surface area contributed by atoms with Crippen LogP contribution in [0.25, 0.3) is 0 Å². The molecule has 0 radical (unpaired) electrons. The maximum absolute atomic E-state index is 13.9. The lowest BCUT2D eigenvalue weighted by molar-refractivity contribution is -0.0912. The highest BCUT2D eigenvalue weighted by Crippen LogP contribution is 2.54. The molecule has 0 amide bonds. The van der Waals surface area contributed by atoms with Crippen molar-refractivity contribution < 1.29 is 22.0 Å². The van der Waals surface area contributed by atoms with Gasteiger partial charge in [-0.1, -0.05) is 40.5 Å². The molecule has 7 heteroatoms. The number of hydrogen-bond donors (Lipinski definition) is 0. The molecule has 30 heavy (non-hydrogen) atoms. The molecule has 2 aliphatic heterocycles. The predicted octanol–water partition coefficient (Wildman–Crippen LogP) is 7.03. The van der Waals surface area contributed by atoms with Crippen LogP contribution in [0.15, 0.2) is 0 Å². The highest BCUT2D eigenvalue weighted by molar-refractivity contribution is 5.05. The van der Waals surface area contributed by atoms with Gasteiger partial charge in [0.25, 0.3) is 11.8 Å². The van der Waals surface area contributed by atoms with Crippen LogP contribution in [-0.2, 0) is 0 Å². The van der Waals surface area contributed by atoms with E-state index in [0.717, 1.165) is 32.6 Å². The zero-order valence-electron chi connectivity index (χ0n) is 20.6. The van der Waals surface area contributed by atoms with E-state index in [4.69, 9.17) is 0 Å². The number of halogens is 5. The third kappa shape index (κ3) is 6.54. The topological polar surface area (TPSA) is 6.48 Å². The monoisotopic (exact) mass is 444 g/mol. The van der Waals surface area contributed by atoms with Crippen molar-refractivity contribution in [1.82, 2.24) is 9.80 Å². The van der Waals surface area contributed by atoms with Crippen molar-refractivity contribution in [3.63, 3.8) is 0 Å². The smallest absolute Gasteiger partial charge is 0.294 e. The molecule has 0 N–H and O–H groups in total. The first-order valence-electron chi connectivity index (χ1n) is 11.7. The Kier molecular flexibility index (Phi) is 11.3. The van der Waals surface area contributed by atoms with Crippen molar-refractivity contribution in [2.45, 2.75) is 118 Å². The average Bonchev–Trinajstić information content (AvgIpc) is 3.29. The number of alkyl halides is 5. The Morgan fingerprint density at radius 3 is 1.23 bits per heavy atom. The maximum Gasteiger partial charge on any atom is 0.294 e. The number of hydrogen-bond acceptors (Lipinski definition) is 2. The molecule has 0 aromatic carbocycles. The molecule has 2 heterocycles. The van der Waals surface area contributed by atoms with E-state index in [2.05, 4.69) is 0 Å². The van der Waals surface area contributed by atoms with Crippen LogP contribution in [-0.4, -0.2) is 65.6 Å². The number of rotatable bonds is 2. The largest absolute Gasteiger partial charge is 0.294 e. The van der Waals surface area contributed by atoms with Gasteiger partial charge in [-0.2, -0.15) is 0 Å². The molecule has 1 spiro atoms. The lowest BCUT2D eigenvalue weighted by atomic mass is 9.82. The third-order valence-corrected chi connectivity index (χ3v) is 6.37. The second-order valence-electron chi connectivity index (χ2n) is 9.09. The van der Waals surface area contributed by atoms with Gasteiger partial charge in [0.15, 0.2) is 5.67 Å². The van der Waals surface area contributed by atoms with E-state index in [1.54, 1.807) is 13.8 Å². The quantitative estimate of drug-likeness (QED) is 0.422. The zero-order valence-corrected chi connectivity index (χ0v) is 20.6. The fraction of sp³-hybridized carbons (Fsp3) is 1.00. The van der Waals surface area contributed by atoms with Crippen LogP contribution in [0.5, 0.6) is 0 Å². The summed E-state index contributed by atoms with van der Waals surface area (Å²) >= 11 is 0. The Morgan fingerprint density at radius 1 is 0.600 bits per heavy atom. The van der Waals surface area contributed by atoms with Crippen LogP contribution in [0.3, 0.4) is 0 Å². The van der Waals surface area contributed by atoms with Crippen LogP contribution >= 0.6 is 0 Å². The van der Waals surface area contributed by atoms with Crippen LogP contribution < -0.4 is 0 Å². The van der Waals surface area contributed by atoms with Crippen LogP contribution in [0.4, 0.5) is 22.0 Å². The third-order valence-electron chi connectivity index (χ3n) is 6.37. The van der Waals surface area contributed by atoms with E-state index >= 15 is 0 Å². The van der Waals surface area contributed by atoms with Crippen molar-refractivity contribution in [2.75, 3.05) is 26.2 Å². The fourth-order valence-electron chi connectivity index (χ4n) is 4.26. The molecule has 0 bridgehead atoms. The minimum Gasteiger partial charge on any atom is -0.294 e. The van der Waals surface area contributed by atoms with Gasteiger partial charge in [-0.25, -0.2) is 22.0 Å². The Hall–Kier alpha value is -0.430. The fourth-order valence-corrected chi connectivity index (χ4v) is 4.26. The van der Waals surface area contributed by atoms with Gasteiger partial charge in [0.2, 0.25) is 0 Å². The highest BCUT2D eigenvalue weighted by Gasteiger charge is 2.61. The Bertz CT molecular complexity index is 470. The maximum atomic E-state index is 13.9. The summed E-state index contributed by atoms with van der Waals surface area (Å²) in [6.45, 7) is 16.5. The van der Waals surface area contributed by atoms with Crippen LogP contribution in [0.2, 0.25) is 0 Å². The summed E-state index contributed by atoms with van der Waals surface area (Å²) in [5, 5.41) is 0. The molecule has 1 aliphatic carbocycles. The predicted molar refractivity (Wildman–Crippen MR) is 116 cm³/mol. The Balaban J connectivity index is 0.000000486. The zero-order chi connectivity index (χ0) is 24.0. The van der Waals surface area contributed by atoms with E-state index in [-0.39, 0.29) is 25.2 Å². The van der Waals surface area contributed by atoms with Gasteiger partial charge < -0.3 is 0 Å². The van der Waals surface area contributed by atoms with Gasteiger partial charge in [-0.15, -0.1) is 0 Å². The van der Waals surface area contributed by atoms with E-state index in [1.807, 2.05) is 46.4 Å². The second kappa shape index (κ2) is 11.4. The van der Waals surface area contributed by atoms with Crippen LogP contribution in [0, 0.1) is 5.41 Å². The molecule has 2 nitrogen and oxygen atoms in total. The molecule has 0 aromatic heterocycles. The summed E-state index contributed by atoms with van der Waals surface area (Å²) in [5.41, 5.74) is -3.03. The molecule has 0 aromatic rings. The van der Waals surface area contributed by atoms with Gasteiger partial charge in [0.1, 0.15) is 0 Å². The van der Waals surface area contributed by atoms with E-state index in [9.17, 15) is 22.0 Å². The van der Waals surface area contributed by atoms with Gasteiger partial charge in [-0.3, -0.25) is 9.80 Å². The van der Waals surface area contributed by atoms with Crippen molar-refractivity contribution in [3.05, 3.63) is 0 Å². The van der Waals surface area contributed by atoms with Crippen molar-refractivity contribution >= 4 is 0 Å². The van der Waals surface area contributed by atoms with E-state index < -0.39 is 29.5 Å². The molecule has 182 valence electrons. The summed E-state index contributed by atoms with van der Waals surface area (Å²) in [6, 6.07) is 0.231. The molecular weight excluding hydrogens is 399 g/mol. The van der Waals surface area contributed by atoms with Crippen molar-refractivity contribution in [1.29, 1.82) is 0 Å². The molecule has 2 saturated heterocycles. The lowest BCUT2D eigenvalue weighted by Gasteiger charge is -2.29. The van der Waals surface area contributed by atoms with Crippen molar-refractivity contribution in [3.8, 4) is 0 Å². The number of nitrogens with zero attached hydrogens (tertiary/aromatic N) is 2. The first kappa shape index (κ1) is 29.6. The van der Waals surface area contributed by atoms with E-state index in [1.165, 1.54) is 4.90 Å².